The third-order valence-corrected chi connectivity index (χ3v) is 3.35. The van der Waals surface area contributed by atoms with E-state index in [4.69, 9.17) is 11.5 Å². The van der Waals surface area contributed by atoms with Crippen molar-refractivity contribution in [3.63, 3.8) is 0 Å². The summed E-state index contributed by atoms with van der Waals surface area (Å²) >= 11 is 0. The van der Waals surface area contributed by atoms with Gasteiger partial charge in [-0.1, -0.05) is 25.5 Å². The second-order valence-electron chi connectivity index (χ2n) is 5.10. The molecule has 0 fully saturated rings. The number of hydrogen-bond donors (Lipinski definition) is 3. The zero-order valence-electron chi connectivity index (χ0n) is 12.2. The maximum Gasteiger partial charge on any atom is 0.257 e. The van der Waals surface area contributed by atoms with Gasteiger partial charge in [-0.05, 0) is 48.7 Å². The Morgan fingerprint density at radius 2 is 1.81 bits per heavy atom. The fourth-order valence-electron chi connectivity index (χ4n) is 2.12. The zero-order valence-corrected chi connectivity index (χ0v) is 12.2. The highest BCUT2D eigenvalue weighted by Crippen LogP contribution is 2.18. The summed E-state index contributed by atoms with van der Waals surface area (Å²) < 4.78 is 0. The molecule has 110 valence electrons. The van der Waals surface area contributed by atoms with Gasteiger partial charge in [0.25, 0.3) is 5.91 Å². The van der Waals surface area contributed by atoms with Gasteiger partial charge in [-0.3, -0.25) is 4.79 Å². The number of carbonyl (C=O) groups excluding carboxylic acids is 1. The van der Waals surface area contributed by atoms with E-state index in [1.54, 1.807) is 18.2 Å². The Hall–Kier alpha value is -2.49. The van der Waals surface area contributed by atoms with E-state index >= 15 is 0 Å². The highest BCUT2D eigenvalue weighted by Gasteiger charge is 2.10. The molecule has 0 aliphatic rings. The van der Waals surface area contributed by atoms with E-state index in [-0.39, 0.29) is 5.91 Å². The van der Waals surface area contributed by atoms with Crippen molar-refractivity contribution in [1.29, 1.82) is 0 Å². The molecule has 4 nitrogen and oxygen atoms in total. The number of nitrogens with two attached hydrogens (primary N) is 2. The molecule has 0 spiro atoms. The average molecular weight is 283 g/mol. The van der Waals surface area contributed by atoms with Gasteiger partial charge >= 0.3 is 0 Å². The fraction of sp³-hybridized carbons (Fsp3) is 0.235. The number of carbonyl (C=O) groups is 1. The van der Waals surface area contributed by atoms with Crippen molar-refractivity contribution in [1.82, 2.24) is 0 Å². The number of unbranched alkanes of at least 4 members (excludes halogenated alkanes) is 1. The van der Waals surface area contributed by atoms with Crippen molar-refractivity contribution in [2.24, 2.45) is 0 Å². The number of aryl methyl sites for hydroxylation is 1. The van der Waals surface area contributed by atoms with Gasteiger partial charge in [0.05, 0.1) is 5.56 Å². The minimum absolute atomic E-state index is 0.228. The lowest BCUT2D eigenvalue weighted by atomic mass is 10.1. The highest BCUT2D eigenvalue weighted by atomic mass is 16.1. The first-order valence-electron chi connectivity index (χ1n) is 7.15. The molecule has 0 radical (unpaired) electrons. The van der Waals surface area contributed by atoms with Gasteiger partial charge in [-0.15, -0.1) is 0 Å². The Labute approximate surface area is 125 Å². The number of anilines is 3. The van der Waals surface area contributed by atoms with Gasteiger partial charge in [0.1, 0.15) is 0 Å². The van der Waals surface area contributed by atoms with E-state index in [2.05, 4.69) is 12.2 Å². The Bertz CT molecular complexity index is 620. The molecular weight excluding hydrogens is 262 g/mol. The van der Waals surface area contributed by atoms with E-state index in [0.717, 1.165) is 12.1 Å². The van der Waals surface area contributed by atoms with E-state index in [1.165, 1.54) is 18.4 Å². The summed E-state index contributed by atoms with van der Waals surface area (Å²) in [5, 5.41) is 2.84. The lowest BCUT2D eigenvalue weighted by Crippen LogP contribution is -2.14. The molecule has 4 heteroatoms. The molecule has 2 aromatic carbocycles. The SMILES string of the molecule is CCCCc1ccc(NC(=O)c2ccc(N)cc2N)cc1. The average Bonchev–Trinajstić information content (AvgIpc) is 2.46. The van der Waals surface area contributed by atoms with E-state index < -0.39 is 0 Å². The van der Waals surface area contributed by atoms with Crippen LogP contribution < -0.4 is 16.8 Å². The molecule has 0 atom stereocenters. The minimum Gasteiger partial charge on any atom is -0.399 e. The third-order valence-electron chi connectivity index (χ3n) is 3.35. The van der Waals surface area contributed by atoms with Gasteiger partial charge in [-0.25, -0.2) is 0 Å². The maximum atomic E-state index is 12.2. The maximum absolute atomic E-state index is 12.2. The predicted octanol–water partition coefficient (Wildman–Crippen LogP) is 3.45. The van der Waals surface area contributed by atoms with Crippen molar-refractivity contribution in [2.45, 2.75) is 26.2 Å². The molecule has 5 N–H and O–H groups in total. The van der Waals surface area contributed by atoms with Crippen LogP contribution in [-0.2, 0) is 6.42 Å². The molecule has 0 unspecified atom stereocenters. The van der Waals surface area contributed by atoms with Crippen molar-refractivity contribution in [3.8, 4) is 0 Å². The van der Waals surface area contributed by atoms with Crippen molar-refractivity contribution >= 4 is 23.0 Å². The number of nitrogen functional groups attached to an aromatic ring is 2. The van der Waals surface area contributed by atoms with Crippen LogP contribution in [0, 0.1) is 0 Å². The minimum atomic E-state index is -0.228. The number of rotatable bonds is 5. The van der Waals surface area contributed by atoms with Crippen LogP contribution in [0.3, 0.4) is 0 Å². The summed E-state index contributed by atoms with van der Waals surface area (Å²) in [4.78, 5) is 12.2. The monoisotopic (exact) mass is 283 g/mol. The zero-order chi connectivity index (χ0) is 15.2. The second kappa shape index (κ2) is 6.79. The van der Waals surface area contributed by atoms with Crippen LogP contribution >= 0.6 is 0 Å². The molecule has 0 aromatic heterocycles. The van der Waals surface area contributed by atoms with Crippen molar-refractivity contribution in [2.75, 3.05) is 16.8 Å². The molecule has 0 saturated heterocycles. The Balaban J connectivity index is 2.05. The van der Waals surface area contributed by atoms with Crippen LogP contribution in [0.1, 0.15) is 35.7 Å². The van der Waals surface area contributed by atoms with Crippen LogP contribution in [-0.4, -0.2) is 5.91 Å². The lowest BCUT2D eigenvalue weighted by molar-refractivity contribution is 0.102. The molecule has 0 heterocycles. The van der Waals surface area contributed by atoms with Crippen molar-refractivity contribution < 1.29 is 4.79 Å². The molecule has 0 saturated carbocycles. The Morgan fingerprint density at radius 1 is 1.10 bits per heavy atom. The van der Waals surface area contributed by atoms with Gasteiger partial charge in [0.2, 0.25) is 0 Å². The summed E-state index contributed by atoms with van der Waals surface area (Å²) in [6.45, 7) is 2.17. The number of amides is 1. The Morgan fingerprint density at radius 3 is 2.43 bits per heavy atom. The molecule has 2 aromatic rings. The van der Waals surface area contributed by atoms with Gasteiger partial charge in [0.15, 0.2) is 0 Å². The molecule has 1 amide bonds. The second-order valence-corrected chi connectivity index (χ2v) is 5.10. The normalized spacial score (nSPS) is 10.3. The summed E-state index contributed by atoms with van der Waals surface area (Å²) in [6.07, 6.45) is 3.41. The number of benzene rings is 2. The standard InChI is InChI=1S/C17H21N3O/c1-2-3-4-12-5-8-14(9-6-12)20-17(21)15-10-7-13(18)11-16(15)19/h5-11H,2-4,18-19H2,1H3,(H,20,21). The molecule has 21 heavy (non-hydrogen) atoms. The highest BCUT2D eigenvalue weighted by molar-refractivity contribution is 6.08. The van der Waals surface area contributed by atoms with Gasteiger partial charge in [0, 0.05) is 17.1 Å². The molecule has 2 rings (SSSR count). The molecule has 0 aliphatic heterocycles. The van der Waals surface area contributed by atoms with Crippen LogP contribution in [0.4, 0.5) is 17.1 Å². The first-order valence-corrected chi connectivity index (χ1v) is 7.15. The van der Waals surface area contributed by atoms with Crippen LogP contribution in [0.2, 0.25) is 0 Å². The molecule has 0 aliphatic carbocycles. The first kappa shape index (κ1) is 14.9. The van der Waals surface area contributed by atoms with Gasteiger partial charge < -0.3 is 16.8 Å². The first-order chi connectivity index (χ1) is 10.1. The Kier molecular flexibility index (Phi) is 4.82. The predicted molar refractivity (Wildman–Crippen MR) is 88.3 cm³/mol. The van der Waals surface area contributed by atoms with E-state index in [0.29, 0.717) is 16.9 Å². The largest absolute Gasteiger partial charge is 0.399 e. The smallest absolute Gasteiger partial charge is 0.257 e. The lowest BCUT2D eigenvalue weighted by Gasteiger charge is -2.09. The topological polar surface area (TPSA) is 81.1 Å². The summed E-state index contributed by atoms with van der Waals surface area (Å²) in [6, 6.07) is 12.8. The molecule has 0 bridgehead atoms. The van der Waals surface area contributed by atoms with E-state index in [9.17, 15) is 4.79 Å². The summed E-state index contributed by atoms with van der Waals surface area (Å²) in [5.41, 5.74) is 14.8. The third kappa shape index (κ3) is 3.99. The summed E-state index contributed by atoms with van der Waals surface area (Å²) in [5.74, 6) is -0.228. The van der Waals surface area contributed by atoms with Crippen LogP contribution in [0.5, 0.6) is 0 Å². The van der Waals surface area contributed by atoms with E-state index in [1.807, 2.05) is 24.3 Å². The van der Waals surface area contributed by atoms with Crippen LogP contribution in [0.15, 0.2) is 42.5 Å². The van der Waals surface area contributed by atoms with Crippen molar-refractivity contribution in [3.05, 3.63) is 53.6 Å². The molecular formula is C17H21N3O. The quantitative estimate of drug-likeness (QED) is 0.735. The summed E-state index contributed by atoms with van der Waals surface area (Å²) in [7, 11) is 0. The fourth-order valence-corrected chi connectivity index (χ4v) is 2.12. The number of hydrogen-bond acceptors (Lipinski definition) is 3. The van der Waals surface area contributed by atoms with Gasteiger partial charge in [-0.2, -0.15) is 0 Å². The number of nitrogens with one attached hydrogen (secondary N) is 1. The van der Waals surface area contributed by atoms with Crippen LogP contribution in [0.25, 0.3) is 0 Å².